The zero-order valence-corrected chi connectivity index (χ0v) is 29.4. The highest BCUT2D eigenvalue weighted by atomic mass is 14.2. The maximum Gasteiger partial charge on any atom is -0.00266 e. The molecule has 0 spiro atoms. The summed E-state index contributed by atoms with van der Waals surface area (Å²) in [5, 5.41) is 15.7. The van der Waals surface area contributed by atoms with Crippen molar-refractivity contribution in [3.05, 3.63) is 194 Å². The SMILES string of the molecule is CC.Cc1c2ccccc2c(-c2ccccc2)c2ccccc12.c1ccc2cc3c(ccc4c(-c5cccc6ccccc56)cccc43)cc2c1. The van der Waals surface area contributed by atoms with Crippen molar-refractivity contribution in [3.63, 3.8) is 0 Å². The van der Waals surface area contributed by atoms with Gasteiger partial charge in [-0.1, -0.05) is 190 Å². The second-order valence-electron chi connectivity index (χ2n) is 12.9. The second-order valence-corrected chi connectivity index (χ2v) is 12.9. The molecule has 0 radical (unpaired) electrons. The Morgan fingerprint density at radius 2 is 0.745 bits per heavy atom. The van der Waals surface area contributed by atoms with Gasteiger partial charge in [-0.15, -0.1) is 0 Å². The Kier molecular flexibility index (Phi) is 8.74. The summed E-state index contributed by atoms with van der Waals surface area (Å²) in [5.74, 6) is 0. The molecule has 10 aromatic carbocycles. The number of hydrogen-bond acceptors (Lipinski definition) is 0. The van der Waals surface area contributed by atoms with Gasteiger partial charge in [-0.25, -0.2) is 0 Å². The lowest BCUT2D eigenvalue weighted by molar-refractivity contribution is 1.50. The van der Waals surface area contributed by atoms with Crippen LogP contribution in [0.2, 0.25) is 0 Å². The molecule has 0 aromatic heterocycles. The molecule has 0 saturated heterocycles. The first-order valence-electron chi connectivity index (χ1n) is 18.0. The van der Waals surface area contributed by atoms with E-state index < -0.39 is 0 Å². The van der Waals surface area contributed by atoms with Crippen molar-refractivity contribution in [1.29, 1.82) is 0 Å². The van der Waals surface area contributed by atoms with E-state index in [4.69, 9.17) is 0 Å². The number of rotatable bonds is 2. The van der Waals surface area contributed by atoms with E-state index in [0.29, 0.717) is 0 Å². The van der Waals surface area contributed by atoms with Gasteiger partial charge in [0.1, 0.15) is 0 Å². The molecule has 0 amide bonds. The average Bonchev–Trinajstić information content (AvgIpc) is 3.21. The maximum absolute atomic E-state index is 2.33. The molecule has 0 N–H and O–H groups in total. The molecule has 0 atom stereocenters. The highest BCUT2D eigenvalue weighted by Crippen LogP contribution is 2.39. The molecule has 0 nitrogen and oxygen atoms in total. The minimum absolute atomic E-state index is 1.28. The normalized spacial score (nSPS) is 11.0. The van der Waals surface area contributed by atoms with Crippen molar-refractivity contribution in [2.45, 2.75) is 20.8 Å². The van der Waals surface area contributed by atoms with Gasteiger partial charge in [0, 0.05) is 0 Å². The Balaban J connectivity index is 0.000000145. The van der Waals surface area contributed by atoms with Crippen LogP contribution in [0.15, 0.2) is 188 Å². The van der Waals surface area contributed by atoms with Gasteiger partial charge in [0.2, 0.25) is 0 Å². The van der Waals surface area contributed by atoms with Gasteiger partial charge in [-0.3, -0.25) is 0 Å². The predicted molar refractivity (Wildman–Crippen MR) is 225 cm³/mol. The van der Waals surface area contributed by atoms with Gasteiger partial charge in [-0.05, 0) is 112 Å². The average molecular weight is 653 g/mol. The third-order valence-electron chi connectivity index (χ3n) is 10.1. The van der Waals surface area contributed by atoms with E-state index >= 15 is 0 Å². The summed E-state index contributed by atoms with van der Waals surface area (Å²) >= 11 is 0. The van der Waals surface area contributed by atoms with E-state index in [1.165, 1.54) is 92.5 Å². The summed E-state index contributed by atoms with van der Waals surface area (Å²) in [5.41, 5.74) is 6.58. The predicted octanol–water partition coefficient (Wildman–Crippen LogP) is 15.0. The van der Waals surface area contributed by atoms with Crippen LogP contribution < -0.4 is 0 Å². The van der Waals surface area contributed by atoms with Gasteiger partial charge >= 0.3 is 0 Å². The fourth-order valence-electron chi connectivity index (χ4n) is 7.74. The summed E-state index contributed by atoms with van der Waals surface area (Å²) in [6, 6.07) is 67.8. The summed E-state index contributed by atoms with van der Waals surface area (Å²) in [7, 11) is 0. The van der Waals surface area contributed by atoms with Crippen molar-refractivity contribution in [1.82, 2.24) is 0 Å². The number of hydrogen-bond donors (Lipinski definition) is 0. The largest absolute Gasteiger partial charge is 0.0683 e. The molecule has 244 valence electrons. The lowest BCUT2D eigenvalue weighted by Crippen LogP contribution is -1.88. The minimum Gasteiger partial charge on any atom is -0.0683 e. The Hall–Kier alpha value is -6.24. The van der Waals surface area contributed by atoms with Crippen molar-refractivity contribution < 1.29 is 0 Å². The topological polar surface area (TPSA) is 0 Å². The summed E-state index contributed by atoms with van der Waals surface area (Å²) in [6.45, 7) is 6.22. The summed E-state index contributed by atoms with van der Waals surface area (Å²) < 4.78 is 0. The first-order valence-corrected chi connectivity index (χ1v) is 18.0. The van der Waals surface area contributed by atoms with Crippen LogP contribution in [0.1, 0.15) is 19.4 Å². The van der Waals surface area contributed by atoms with E-state index in [9.17, 15) is 0 Å². The molecule has 0 heteroatoms. The number of benzene rings is 10. The smallest absolute Gasteiger partial charge is 0.00266 e. The van der Waals surface area contributed by atoms with E-state index in [-0.39, 0.29) is 0 Å². The monoisotopic (exact) mass is 652 g/mol. The Morgan fingerprint density at radius 3 is 1.41 bits per heavy atom. The van der Waals surface area contributed by atoms with E-state index in [1.54, 1.807) is 0 Å². The second kappa shape index (κ2) is 13.9. The maximum atomic E-state index is 2.33. The van der Waals surface area contributed by atoms with E-state index in [2.05, 4.69) is 195 Å². The van der Waals surface area contributed by atoms with Crippen molar-refractivity contribution >= 4 is 64.6 Å². The van der Waals surface area contributed by atoms with Crippen LogP contribution >= 0.6 is 0 Å². The van der Waals surface area contributed by atoms with Crippen LogP contribution in [0.25, 0.3) is 86.9 Å². The van der Waals surface area contributed by atoms with Gasteiger partial charge in [0.05, 0.1) is 0 Å². The third-order valence-corrected chi connectivity index (χ3v) is 10.1. The van der Waals surface area contributed by atoms with Crippen LogP contribution in [0.5, 0.6) is 0 Å². The fourth-order valence-corrected chi connectivity index (χ4v) is 7.74. The van der Waals surface area contributed by atoms with Crippen molar-refractivity contribution in [2.75, 3.05) is 0 Å². The molecular weight excluding hydrogens is 613 g/mol. The zero-order valence-electron chi connectivity index (χ0n) is 29.4. The van der Waals surface area contributed by atoms with Gasteiger partial charge < -0.3 is 0 Å². The van der Waals surface area contributed by atoms with Gasteiger partial charge in [0.25, 0.3) is 0 Å². The molecule has 0 heterocycles. The van der Waals surface area contributed by atoms with Crippen molar-refractivity contribution in [3.8, 4) is 22.3 Å². The number of aryl methyl sites for hydroxylation is 1. The quantitative estimate of drug-likeness (QED) is 0.129. The number of fused-ring (bicyclic) bond motifs is 7. The summed E-state index contributed by atoms with van der Waals surface area (Å²) in [6.07, 6.45) is 0. The van der Waals surface area contributed by atoms with E-state index in [1.807, 2.05) is 13.8 Å². The Labute approximate surface area is 300 Å². The van der Waals surface area contributed by atoms with Crippen LogP contribution in [-0.4, -0.2) is 0 Å². The molecule has 0 bridgehead atoms. The molecular formula is C51H40. The van der Waals surface area contributed by atoms with Crippen LogP contribution in [0.4, 0.5) is 0 Å². The standard InChI is InChI=1S/C28H18.C21H16.C2H6/c1-2-9-21-18-28-22(17-20(21)8-1)15-16-27-25(13-6-14-26(27)28)24-12-5-10-19-7-3-4-11-23(19)24;1-15-17-11-5-7-13-19(17)21(16-9-3-2-4-10-16)20-14-8-6-12-18(15)20;1-2/h1-18H;2-14H,1H3;1-2H3. The highest BCUT2D eigenvalue weighted by Gasteiger charge is 2.13. The molecule has 10 aromatic rings. The lowest BCUT2D eigenvalue weighted by atomic mass is 9.89. The van der Waals surface area contributed by atoms with Crippen LogP contribution in [0, 0.1) is 6.92 Å². The third kappa shape index (κ3) is 5.79. The first kappa shape index (κ1) is 32.0. The van der Waals surface area contributed by atoms with Crippen LogP contribution in [-0.2, 0) is 0 Å². The molecule has 0 saturated carbocycles. The van der Waals surface area contributed by atoms with Gasteiger partial charge in [0.15, 0.2) is 0 Å². The molecule has 51 heavy (non-hydrogen) atoms. The Morgan fingerprint density at radius 1 is 0.275 bits per heavy atom. The molecule has 0 unspecified atom stereocenters. The molecule has 0 aliphatic rings. The zero-order chi connectivity index (χ0) is 34.7. The van der Waals surface area contributed by atoms with Crippen molar-refractivity contribution in [2.24, 2.45) is 0 Å². The summed E-state index contributed by atoms with van der Waals surface area (Å²) in [4.78, 5) is 0. The van der Waals surface area contributed by atoms with Gasteiger partial charge in [-0.2, -0.15) is 0 Å². The minimum atomic E-state index is 1.28. The highest BCUT2D eigenvalue weighted by molar-refractivity contribution is 6.17. The molecule has 0 aliphatic heterocycles. The Bertz CT molecular complexity index is 2760. The van der Waals surface area contributed by atoms with Crippen LogP contribution in [0.3, 0.4) is 0 Å². The molecule has 0 aliphatic carbocycles. The first-order chi connectivity index (χ1) is 25.2. The molecule has 0 fully saturated rings. The molecule has 10 rings (SSSR count). The van der Waals surface area contributed by atoms with E-state index in [0.717, 1.165) is 0 Å². The fraction of sp³-hybridized carbons (Fsp3) is 0.0588. The lowest BCUT2D eigenvalue weighted by Gasteiger charge is -2.15.